The molecule has 1 aliphatic heterocycles. The van der Waals surface area contributed by atoms with Crippen LogP contribution in [-0.4, -0.2) is 123 Å². The number of aromatic amines is 1. The lowest BCUT2D eigenvalue weighted by molar-refractivity contribution is -0.144. The zero-order valence-electron chi connectivity index (χ0n) is 33.0. The van der Waals surface area contributed by atoms with Gasteiger partial charge in [-0.3, -0.25) is 38.4 Å². The lowest BCUT2D eigenvalue weighted by Crippen LogP contribution is -2.60. The van der Waals surface area contributed by atoms with E-state index in [1.807, 2.05) is 18.2 Å². The van der Waals surface area contributed by atoms with Crippen LogP contribution in [0.1, 0.15) is 71.8 Å². The first kappa shape index (κ1) is 46.3. The summed E-state index contributed by atoms with van der Waals surface area (Å²) in [7, 11) is 0. The Bertz CT molecular complexity index is 1850. The van der Waals surface area contributed by atoms with E-state index in [0.29, 0.717) is 18.4 Å². The number of carboxylic acids is 2. The molecular formula is C38H55N9O11. The summed E-state index contributed by atoms with van der Waals surface area (Å²) in [4.78, 5) is 119. The average molecular weight is 814 g/mol. The maximum absolute atomic E-state index is 14.1. The summed E-state index contributed by atoms with van der Waals surface area (Å²) >= 11 is 0. The van der Waals surface area contributed by atoms with Gasteiger partial charge in [0.15, 0.2) is 0 Å². The number of hydrogen-bond acceptors (Lipinski definition) is 10. The molecule has 0 bridgehead atoms. The third-order valence-corrected chi connectivity index (χ3v) is 9.88. The van der Waals surface area contributed by atoms with E-state index < -0.39 is 115 Å². The Hall–Kier alpha value is -6.05. The fourth-order valence-electron chi connectivity index (χ4n) is 6.65. The van der Waals surface area contributed by atoms with Crippen LogP contribution in [0.25, 0.3) is 10.9 Å². The fraction of sp³-hybridized carbons (Fsp3) is 0.553. The smallest absolute Gasteiger partial charge is 0.326 e. The molecule has 1 aromatic heterocycles. The van der Waals surface area contributed by atoms with Crippen molar-refractivity contribution in [2.24, 2.45) is 23.3 Å². The van der Waals surface area contributed by atoms with Crippen molar-refractivity contribution in [3.05, 3.63) is 36.0 Å². The van der Waals surface area contributed by atoms with Crippen LogP contribution in [0, 0.1) is 11.8 Å². The molecule has 2 heterocycles. The van der Waals surface area contributed by atoms with Crippen molar-refractivity contribution in [2.75, 3.05) is 13.1 Å². The Labute approximate surface area is 334 Å². The van der Waals surface area contributed by atoms with Crippen LogP contribution < -0.4 is 38.1 Å². The number of nitrogens with one attached hydrogen (secondary N) is 6. The third-order valence-electron chi connectivity index (χ3n) is 9.88. The van der Waals surface area contributed by atoms with Gasteiger partial charge in [0.25, 0.3) is 0 Å². The average Bonchev–Trinajstić information content (AvgIpc) is 3.81. The molecule has 1 saturated heterocycles. The van der Waals surface area contributed by atoms with E-state index in [1.165, 1.54) is 4.90 Å². The van der Waals surface area contributed by atoms with Crippen LogP contribution in [-0.2, 0) is 49.6 Å². The van der Waals surface area contributed by atoms with Crippen molar-refractivity contribution >= 4 is 64.2 Å². The first-order valence-electron chi connectivity index (χ1n) is 19.1. The van der Waals surface area contributed by atoms with Crippen LogP contribution in [0.15, 0.2) is 30.5 Å². The van der Waals surface area contributed by atoms with Crippen LogP contribution in [0.2, 0.25) is 0 Å². The highest BCUT2D eigenvalue weighted by Gasteiger charge is 2.38. The number of para-hydroxylation sites is 1. The normalized spacial score (nSPS) is 16.9. The zero-order valence-corrected chi connectivity index (χ0v) is 33.0. The molecule has 2 aromatic rings. The predicted molar refractivity (Wildman–Crippen MR) is 208 cm³/mol. The molecule has 0 saturated carbocycles. The molecule has 1 aliphatic rings. The first-order valence-corrected chi connectivity index (χ1v) is 19.1. The molecule has 0 spiro atoms. The molecule has 20 heteroatoms. The van der Waals surface area contributed by atoms with Gasteiger partial charge < -0.3 is 58.1 Å². The second-order valence-electron chi connectivity index (χ2n) is 14.9. The van der Waals surface area contributed by atoms with Crippen molar-refractivity contribution < 1.29 is 53.4 Å². The Morgan fingerprint density at radius 1 is 0.879 bits per heavy atom. The molecule has 1 fully saturated rings. The van der Waals surface area contributed by atoms with Gasteiger partial charge in [0.1, 0.15) is 30.2 Å². The number of aliphatic carboxylic acids is 2. The molecule has 7 atom stereocenters. The van der Waals surface area contributed by atoms with Crippen molar-refractivity contribution in [3.63, 3.8) is 0 Å². The van der Waals surface area contributed by atoms with E-state index in [4.69, 9.17) is 16.6 Å². The highest BCUT2D eigenvalue weighted by Crippen LogP contribution is 2.21. The van der Waals surface area contributed by atoms with Crippen molar-refractivity contribution in [2.45, 2.75) is 109 Å². The van der Waals surface area contributed by atoms with Gasteiger partial charge in [-0.25, -0.2) is 4.79 Å². The largest absolute Gasteiger partial charge is 0.481 e. The number of H-pyrrole nitrogens is 1. The molecule has 58 heavy (non-hydrogen) atoms. The van der Waals surface area contributed by atoms with Crippen LogP contribution in [0.3, 0.4) is 0 Å². The number of aromatic nitrogens is 1. The van der Waals surface area contributed by atoms with E-state index in [1.54, 1.807) is 40.0 Å². The minimum atomic E-state index is -1.64. The molecule has 20 nitrogen and oxygen atoms in total. The minimum absolute atomic E-state index is 0.0493. The Morgan fingerprint density at radius 2 is 1.53 bits per heavy atom. The molecule has 0 unspecified atom stereocenters. The number of rotatable bonds is 22. The number of benzene rings is 1. The topological polar surface area (TPSA) is 325 Å². The summed E-state index contributed by atoms with van der Waals surface area (Å²) in [6.07, 6.45) is 1.53. The van der Waals surface area contributed by atoms with Crippen LogP contribution in [0.5, 0.6) is 0 Å². The lowest BCUT2D eigenvalue weighted by atomic mass is 9.96. The van der Waals surface area contributed by atoms with Gasteiger partial charge in [-0.15, -0.1) is 0 Å². The number of carbonyl (C=O) groups excluding carboxylic acids is 7. The number of carbonyl (C=O) groups is 9. The predicted octanol–water partition coefficient (Wildman–Crippen LogP) is -1.39. The molecule has 318 valence electrons. The number of nitrogens with zero attached hydrogens (tertiary/aromatic N) is 1. The maximum atomic E-state index is 14.1. The molecule has 12 N–H and O–H groups in total. The van der Waals surface area contributed by atoms with Crippen molar-refractivity contribution in [1.82, 2.24) is 36.5 Å². The maximum Gasteiger partial charge on any atom is 0.326 e. The number of nitrogens with two attached hydrogens (primary N) is 2. The monoisotopic (exact) mass is 813 g/mol. The quantitative estimate of drug-likeness (QED) is 0.0657. The standard InChI is InChI=1S/C38H55N9O11/c1-5-20(4)32(36(55)45-27(38(57)58)16-29(40)48)46-34(53)25(13-19(2)3)44-33(52)26(14-21-17-41-24-10-7-6-9-22(21)24)43-30(49)18-42-35(54)28-11-8-12-47(28)37(56)23(39)15-31(50)51/h6-7,9-10,17,19-20,23,25-28,32,41H,5,8,11-16,18,39H2,1-4H3,(H2,40,48)(H,42,54)(H,43,49)(H,44,52)(H,45,55)(H,46,53)(H,50,51)(H,57,58)/t20-,23-,25-,26-,27-,28-,32-/m0/s1. The van der Waals surface area contributed by atoms with Gasteiger partial charge >= 0.3 is 11.9 Å². The molecule has 7 amide bonds. The van der Waals surface area contributed by atoms with Gasteiger partial charge in [0, 0.05) is 30.1 Å². The van der Waals surface area contributed by atoms with Gasteiger partial charge in [-0.2, -0.15) is 0 Å². The summed E-state index contributed by atoms with van der Waals surface area (Å²) < 4.78 is 0. The Morgan fingerprint density at radius 3 is 2.16 bits per heavy atom. The van der Waals surface area contributed by atoms with Gasteiger partial charge in [0.2, 0.25) is 41.4 Å². The minimum Gasteiger partial charge on any atom is -0.481 e. The second-order valence-corrected chi connectivity index (χ2v) is 14.9. The van der Waals surface area contributed by atoms with Gasteiger partial charge in [0.05, 0.1) is 25.4 Å². The van der Waals surface area contributed by atoms with Gasteiger partial charge in [-0.1, -0.05) is 52.3 Å². The van der Waals surface area contributed by atoms with Gasteiger partial charge in [-0.05, 0) is 42.7 Å². The van der Waals surface area contributed by atoms with E-state index in [9.17, 15) is 48.3 Å². The fourth-order valence-corrected chi connectivity index (χ4v) is 6.65. The number of fused-ring (bicyclic) bond motifs is 1. The Balaban J connectivity index is 1.81. The summed E-state index contributed by atoms with van der Waals surface area (Å²) in [5.41, 5.74) is 12.3. The lowest BCUT2D eigenvalue weighted by Gasteiger charge is -2.29. The van der Waals surface area contributed by atoms with E-state index >= 15 is 0 Å². The number of carboxylic acid groups (broad SMARTS) is 2. The molecule has 3 rings (SSSR count). The van der Waals surface area contributed by atoms with Crippen LogP contribution in [0.4, 0.5) is 0 Å². The zero-order chi connectivity index (χ0) is 43.3. The molecular weight excluding hydrogens is 758 g/mol. The highest BCUT2D eigenvalue weighted by molar-refractivity contribution is 5.97. The number of hydrogen-bond donors (Lipinski definition) is 10. The van der Waals surface area contributed by atoms with Crippen molar-refractivity contribution in [3.8, 4) is 0 Å². The van der Waals surface area contributed by atoms with E-state index in [0.717, 1.165) is 10.9 Å². The van der Waals surface area contributed by atoms with Crippen molar-refractivity contribution in [1.29, 1.82) is 0 Å². The SMILES string of the molecule is CC[C@H](C)[C@H](NC(=O)[C@H](CC(C)C)NC(=O)[C@H](Cc1c[nH]c2ccccc12)NC(=O)CNC(=O)[C@@H]1CCCN1C(=O)[C@@H](N)CC(=O)O)C(=O)N[C@@H](CC(N)=O)C(=O)O. The van der Waals surface area contributed by atoms with E-state index in [-0.39, 0.29) is 31.7 Å². The highest BCUT2D eigenvalue weighted by atomic mass is 16.4. The summed E-state index contributed by atoms with van der Waals surface area (Å²) in [5.74, 6) is -8.92. The van der Waals surface area contributed by atoms with Crippen LogP contribution >= 0.6 is 0 Å². The third kappa shape index (κ3) is 13.3. The first-order chi connectivity index (χ1) is 27.3. The number of primary amides is 1. The number of amides is 7. The summed E-state index contributed by atoms with van der Waals surface area (Å²) in [6.45, 7) is 6.61. The summed E-state index contributed by atoms with van der Waals surface area (Å²) in [5, 5.41) is 32.0. The van der Waals surface area contributed by atoms with E-state index in [2.05, 4.69) is 31.6 Å². The Kier molecular flexibility index (Phi) is 17.1. The number of likely N-dealkylation sites (tertiary alicyclic amines) is 1. The molecule has 0 aliphatic carbocycles. The molecule has 0 radical (unpaired) electrons. The molecule has 1 aromatic carbocycles. The second kappa shape index (κ2) is 21.5. The summed E-state index contributed by atoms with van der Waals surface area (Å²) in [6, 6.07) is -0.489.